The van der Waals surface area contributed by atoms with Gasteiger partial charge in [-0.25, -0.2) is 9.18 Å². The highest BCUT2D eigenvalue weighted by Crippen LogP contribution is 2.19. The summed E-state index contributed by atoms with van der Waals surface area (Å²) in [6.07, 6.45) is 3.42. The maximum absolute atomic E-state index is 13.9. The molecule has 0 heterocycles. The first-order valence-corrected chi connectivity index (χ1v) is 5.98. The van der Waals surface area contributed by atoms with Gasteiger partial charge in [-0.05, 0) is 25.5 Å². The normalized spacial score (nSPS) is 12.2. The second kappa shape index (κ2) is 7.28. The molecule has 6 heteroatoms. The van der Waals surface area contributed by atoms with Crippen molar-refractivity contribution in [3.8, 4) is 5.75 Å². The fraction of sp³-hybridized carbons (Fsp3) is 0.286. The summed E-state index contributed by atoms with van der Waals surface area (Å²) in [6, 6.07) is 2.99. The third-order valence-corrected chi connectivity index (χ3v) is 2.64. The summed E-state index contributed by atoms with van der Waals surface area (Å²) in [5.74, 6) is -2.86. The zero-order valence-corrected chi connectivity index (χ0v) is 11.2. The molecule has 0 aliphatic rings. The lowest BCUT2D eigenvalue weighted by Gasteiger charge is -2.13. The molecule has 0 aliphatic heterocycles. The van der Waals surface area contributed by atoms with Crippen molar-refractivity contribution >= 4 is 11.9 Å². The van der Waals surface area contributed by atoms with E-state index in [2.05, 4.69) is 5.32 Å². The van der Waals surface area contributed by atoms with E-state index in [4.69, 9.17) is 9.84 Å². The summed E-state index contributed by atoms with van der Waals surface area (Å²) in [7, 11) is 1.28. The molecule has 1 rings (SSSR count). The number of carboxylic acid groups (broad SMARTS) is 1. The number of halogens is 1. The van der Waals surface area contributed by atoms with Crippen LogP contribution in [0, 0.1) is 5.82 Å². The van der Waals surface area contributed by atoms with Crippen molar-refractivity contribution in [3.05, 3.63) is 41.7 Å². The number of carboxylic acids is 1. The third-order valence-electron chi connectivity index (χ3n) is 2.64. The van der Waals surface area contributed by atoms with Crippen molar-refractivity contribution in [2.45, 2.75) is 19.4 Å². The Kier molecular flexibility index (Phi) is 5.71. The molecular weight excluding hydrogens is 265 g/mol. The Morgan fingerprint density at radius 1 is 1.50 bits per heavy atom. The van der Waals surface area contributed by atoms with Crippen LogP contribution in [0.1, 0.15) is 23.7 Å². The van der Waals surface area contributed by atoms with Gasteiger partial charge in [-0.15, -0.1) is 0 Å². The highest BCUT2D eigenvalue weighted by Gasteiger charge is 2.22. The van der Waals surface area contributed by atoms with Gasteiger partial charge < -0.3 is 15.2 Å². The van der Waals surface area contributed by atoms with Crippen LogP contribution in [0.5, 0.6) is 5.75 Å². The highest BCUT2D eigenvalue weighted by atomic mass is 19.1. The quantitative estimate of drug-likeness (QED) is 0.782. The number of methoxy groups -OCH3 is 1. The van der Waals surface area contributed by atoms with E-state index >= 15 is 0 Å². The van der Waals surface area contributed by atoms with Crippen molar-refractivity contribution in [2.24, 2.45) is 0 Å². The summed E-state index contributed by atoms with van der Waals surface area (Å²) in [5, 5.41) is 11.3. The van der Waals surface area contributed by atoms with E-state index in [9.17, 15) is 14.0 Å². The van der Waals surface area contributed by atoms with Crippen molar-refractivity contribution in [1.82, 2.24) is 5.32 Å². The highest BCUT2D eigenvalue weighted by molar-refractivity contribution is 5.97. The van der Waals surface area contributed by atoms with Gasteiger partial charge in [0.15, 0.2) is 11.6 Å². The van der Waals surface area contributed by atoms with E-state index in [1.807, 2.05) is 0 Å². The van der Waals surface area contributed by atoms with Crippen LogP contribution in [0.25, 0.3) is 0 Å². The van der Waals surface area contributed by atoms with E-state index in [1.54, 1.807) is 19.1 Å². The number of aliphatic carboxylic acids is 1. The Morgan fingerprint density at radius 2 is 2.20 bits per heavy atom. The topological polar surface area (TPSA) is 75.6 Å². The fourth-order valence-corrected chi connectivity index (χ4v) is 1.57. The number of hydrogen-bond donors (Lipinski definition) is 2. The average Bonchev–Trinajstić information content (AvgIpc) is 2.43. The summed E-state index contributed by atoms with van der Waals surface area (Å²) >= 11 is 0. The van der Waals surface area contributed by atoms with Gasteiger partial charge >= 0.3 is 5.97 Å². The zero-order valence-electron chi connectivity index (χ0n) is 11.2. The minimum Gasteiger partial charge on any atom is -0.494 e. The molecule has 0 radical (unpaired) electrons. The summed E-state index contributed by atoms with van der Waals surface area (Å²) in [5.41, 5.74) is -0.254. The number of amides is 1. The molecule has 1 aromatic rings. The van der Waals surface area contributed by atoms with Gasteiger partial charge in [0.1, 0.15) is 6.04 Å². The molecule has 1 aromatic carbocycles. The Morgan fingerprint density at radius 3 is 2.75 bits per heavy atom. The molecule has 0 aliphatic carbocycles. The van der Waals surface area contributed by atoms with E-state index < -0.39 is 23.7 Å². The molecular formula is C14H16FNO4. The second-order valence-electron chi connectivity index (χ2n) is 3.99. The number of rotatable bonds is 6. The first kappa shape index (κ1) is 15.7. The van der Waals surface area contributed by atoms with Crippen molar-refractivity contribution < 1.29 is 23.8 Å². The van der Waals surface area contributed by atoms with Crippen LogP contribution in [0.15, 0.2) is 30.4 Å². The minimum absolute atomic E-state index is 0.0713. The Hall–Kier alpha value is -2.37. The van der Waals surface area contributed by atoms with Gasteiger partial charge in [0.05, 0.1) is 12.7 Å². The average molecular weight is 281 g/mol. The number of carbonyl (C=O) groups is 2. The van der Waals surface area contributed by atoms with Gasteiger partial charge in [0.2, 0.25) is 0 Å². The van der Waals surface area contributed by atoms with Gasteiger partial charge in [-0.3, -0.25) is 4.79 Å². The second-order valence-corrected chi connectivity index (χ2v) is 3.99. The maximum Gasteiger partial charge on any atom is 0.326 e. The summed E-state index contributed by atoms with van der Waals surface area (Å²) in [4.78, 5) is 22.9. The van der Waals surface area contributed by atoms with Crippen LogP contribution in [-0.4, -0.2) is 30.1 Å². The van der Waals surface area contributed by atoms with Gasteiger partial charge in [-0.1, -0.05) is 18.2 Å². The van der Waals surface area contributed by atoms with Crippen LogP contribution in [0.2, 0.25) is 0 Å². The Bertz CT molecular complexity index is 528. The predicted molar refractivity (Wildman–Crippen MR) is 71.3 cm³/mol. The maximum atomic E-state index is 13.9. The van der Waals surface area contributed by atoms with Crippen LogP contribution in [0.4, 0.5) is 4.39 Å². The Labute approximate surface area is 116 Å². The molecule has 0 saturated heterocycles. The molecule has 108 valence electrons. The number of nitrogens with one attached hydrogen (secondary N) is 1. The monoisotopic (exact) mass is 281 g/mol. The molecule has 1 unspecified atom stereocenters. The zero-order chi connectivity index (χ0) is 15.1. The van der Waals surface area contributed by atoms with E-state index in [1.165, 1.54) is 25.3 Å². The van der Waals surface area contributed by atoms with Crippen molar-refractivity contribution in [2.75, 3.05) is 7.11 Å². The van der Waals surface area contributed by atoms with E-state index in [0.29, 0.717) is 0 Å². The summed E-state index contributed by atoms with van der Waals surface area (Å²) in [6.45, 7) is 1.74. The molecule has 0 saturated carbocycles. The lowest BCUT2D eigenvalue weighted by molar-refractivity contribution is -0.139. The fourth-order valence-electron chi connectivity index (χ4n) is 1.57. The Balaban J connectivity index is 2.92. The smallest absolute Gasteiger partial charge is 0.326 e. The molecule has 1 amide bonds. The van der Waals surface area contributed by atoms with Crippen LogP contribution < -0.4 is 10.1 Å². The summed E-state index contributed by atoms with van der Waals surface area (Å²) < 4.78 is 18.7. The largest absolute Gasteiger partial charge is 0.494 e. The van der Waals surface area contributed by atoms with Gasteiger partial charge in [0.25, 0.3) is 5.91 Å². The standard InChI is InChI=1S/C14H16FNO4/c1-3-4-7-10(14(18)19)16-13(17)9-6-5-8-11(20-2)12(9)15/h3-6,8,10H,7H2,1-2H3,(H,16,17)(H,18,19). The molecule has 0 spiro atoms. The number of carbonyl (C=O) groups excluding carboxylic acids is 1. The molecule has 5 nitrogen and oxygen atoms in total. The van der Waals surface area contributed by atoms with Gasteiger partial charge in [-0.2, -0.15) is 0 Å². The molecule has 20 heavy (non-hydrogen) atoms. The van der Waals surface area contributed by atoms with Crippen molar-refractivity contribution in [3.63, 3.8) is 0 Å². The van der Waals surface area contributed by atoms with Gasteiger partial charge in [0, 0.05) is 0 Å². The molecule has 2 N–H and O–H groups in total. The molecule has 0 bridgehead atoms. The van der Waals surface area contributed by atoms with Crippen LogP contribution in [-0.2, 0) is 4.79 Å². The molecule has 0 aromatic heterocycles. The molecule has 0 fully saturated rings. The molecule has 1 atom stereocenters. The minimum atomic E-state index is -1.18. The van der Waals surface area contributed by atoms with Crippen LogP contribution in [0.3, 0.4) is 0 Å². The van der Waals surface area contributed by atoms with E-state index in [-0.39, 0.29) is 17.7 Å². The van der Waals surface area contributed by atoms with Crippen molar-refractivity contribution in [1.29, 1.82) is 0 Å². The first-order valence-electron chi connectivity index (χ1n) is 5.98. The lowest BCUT2D eigenvalue weighted by atomic mass is 10.1. The van der Waals surface area contributed by atoms with Crippen LogP contribution >= 0.6 is 0 Å². The number of benzene rings is 1. The SMILES string of the molecule is CC=CCC(NC(=O)c1cccc(OC)c1F)C(=O)O. The third kappa shape index (κ3) is 3.81. The number of allylic oxidation sites excluding steroid dienone is 1. The van der Waals surface area contributed by atoms with E-state index in [0.717, 1.165) is 0 Å². The predicted octanol–water partition coefficient (Wildman–Crippen LogP) is 1.98. The number of ether oxygens (including phenoxy) is 1. The lowest BCUT2D eigenvalue weighted by Crippen LogP contribution is -2.40. The number of hydrogen-bond acceptors (Lipinski definition) is 3. The first-order chi connectivity index (χ1) is 9.51.